The van der Waals surface area contributed by atoms with E-state index in [0.717, 1.165) is 53.4 Å². The Morgan fingerprint density at radius 2 is 1.88 bits per heavy atom. The molecule has 0 saturated carbocycles. The van der Waals surface area contributed by atoms with Gasteiger partial charge in [0, 0.05) is 21.9 Å². The quantitative estimate of drug-likeness (QED) is 0.547. The Labute approximate surface area is 171 Å². The van der Waals surface area contributed by atoms with E-state index in [4.69, 9.17) is 22.3 Å². The molecule has 1 amide bonds. The summed E-state index contributed by atoms with van der Waals surface area (Å²) in [6.45, 7) is 4.76. The van der Waals surface area contributed by atoms with Crippen LogP contribution in [0.4, 0.5) is 0 Å². The number of aromatic nitrogens is 1. The highest BCUT2D eigenvalue weighted by atomic mass is 35.5. The van der Waals surface area contributed by atoms with E-state index < -0.39 is 0 Å². The van der Waals surface area contributed by atoms with Crippen molar-refractivity contribution in [1.29, 1.82) is 0 Å². The van der Waals surface area contributed by atoms with Crippen LogP contribution in [0, 0.1) is 6.92 Å². The van der Waals surface area contributed by atoms with E-state index >= 15 is 0 Å². The fourth-order valence-corrected chi connectivity index (χ4v) is 3.71. The lowest BCUT2D eigenvalue weighted by atomic mass is 10.1. The van der Waals surface area contributed by atoms with Crippen molar-refractivity contribution >= 4 is 41.3 Å². The maximum Gasteiger partial charge on any atom is 0.220 e. The second-order valence-electron chi connectivity index (χ2n) is 6.21. The predicted octanol–water partition coefficient (Wildman–Crippen LogP) is 5.28. The van der Waals surface area contributed by atoms with Gasteiger partial charge < -0.3 is 11.1 Å². The number of carbonyl (C=O) groups is 1. The average Bonchev–Trinajstić information content (AvgIpc) is 2.97. The molecule has 0 radical (unpaired) electrons. The van der Waals surface area contributed by atoms with E-state index in [-0.39, 0.29) is 24.4 Å². The van der Waals surface area contributed by atoms with Crippen LogP contribution in [0.2, 0.25) is 5.02 Å². The SMILES string of the molecule is Cc1sc(C(C)NC(=O)CCCCCCN)nc1-c1ccc(Cl)cc1.Cl. The number of nitrogens with zero attached hydrogens (tertiary/aromatic N) is 1. The summed E-state index contributed by atoms with van der Waals surface area (Å²) in [7, 11) is 0. The first-order chi connectivity index (χ1) is 12.0. The van der Waals surface area contributed by atoms with Gasteiger partial charge in [0.25, 0.3) is 0 Å². The molecule has 1 aromatic heterocycles. The number of halogens is 2. The van der Waals surface area contributed by atoms with Crippen LogP contribution in [0.25, 0.3) is 11.3 Å². The molecule has 0 bridgehead atoms. The lowest BCUT2D eigenvalue weighted by Crippen LogP contribution is -2.26. The fraction of sp³-hybridized carbons (Fsp3) is 0.474. The van der Waals surface area contributed by atoms with Crippen LogP contribution < -0.4 is 11.1 Å². The third kappa shape index (κ3) is 6.88. The van der Waals surface area contributed by atoms with Crippen molar-refractivity contribution < 1.29 is 4.79 Å². The first kappa shape index (κ1) is 22.9. The van der Waals surface area contributed by atoms with Gasteiger partial charge in [-0.2, -0.15) is 0 Å². The molecule has 0 aliphatic rings. The number of carbonyl (C=O) groups excluding carboxylic acids is 1. The number of unbranched alkanes of at least 4 members (excludes halogenated alkanes) is 3. The van der Waals surface area contributed by atoms with Gasteiger partial charge in [-0.15, -0.1) is 23.7 Å². The molecule has 1 aromatic carbocycles. The maximum absolute atomic E-state index is 12.1. The van der Waals surface area contributed by atoms with Crippen molar-refractivity contribution in [3.63, 3.8) is 0 Å². The predicted molar refractivity (Wildman–Crippen MR) is 113 cm³/mol. The summed E-state index contributed by atoms with van der Waals surface area (Å²) < 4.78 is 0. The summed E-state index contributed by atoms with van der Waals surface area (Å²) in [5.74, 6) is 0.0844. The summed E-state index contributed by atoms with van der Waals surface area (Å²) in [5, 5.41) is 4.69. The molecule has 4 nitrogen and oxygen atoms in total. The molecule has 1 atom stereocenters. The van der Waals surface area contributed by atoms with Crippen LogP contribution in [0.1, 0.15) is 55.0 Å². The minimum atomic E-state index is -0.0821. The highest BCUT2D eigenvalue weighted by Crippen LogP contribution is 2.31. The number of rotatable bonds is 9. The molecule has 0 spiro atoms. The Bertz CT molecular complexity index is 689. The molecular weight excluding hydrogens is 389 g/mol. The van der Waals surface area contributed by atoms with E-state index in [1.54, 1.807) is 11.3 Å². The number of hydrogen-bond donors (Lipinski definition) is 2. The van der Waals surface area contributed by atoms with Gasteiger partial charge in [-0.1, -0.05) is 36.6 Å². The van der Waals surface area contributed by atoms with E-state index in [9.17, 15) is 4.79 Å². The summed E-state index contributed by atoms with van der Waals surface area (Å²) >= 11 is 7.58. The molecule has 0 aliphatic carbocycles. The highest BCUT2D eigenvalue weighted by Gasteiger charge is 2.16. The Morgan fingerprint density at radius 1 is 1.23 bits per heavy atom. The van der Waals surface area contributed by atoms with Gasteiger partial charge >= 0.3 is 0 Å². The van der Waals surface area contributed by atoms with Crippen LogP contribution in [-0.4, -0.2) is 17.4 Å². The van der Waals surface area contributed by atoms with E-state index in [1.807, 2.05) is 31.2 Å². The molecule has 2 rings (SSSR count). The Morgan fingerprint density at radius 3 is 2.54 bits per heavy atom. The van der Waals surface area contributed by atoms with Crippen LogP contribution in [-0.2, 0) is 4.79 Å². The van der Waals surface area contributed by atoms with E-state index in [1.165, 1.54) is 0 Å². The van der Waals surface area contributed by atoms with E-state index in [0.29, 0.717) is 11.4 Å². The second kappa shape index (κ2) is 11.5. The fourth-order valence-electron chi connectivity index (χ4n) is 2.64. The molecule has 7 heteroatoms. The zero-order valence-electron chi connectivity index (χ0n) is 15.3. The number of benzene rings is 1. The van der Waals surface area contributed by atoms with Crippen LogP contribution in [0.3, 0.4) is 0 Å². The molecule has 2 aromatic rings. The number of amides is 1. The first-order valence-corrected chi connectivity index (χ1v) is 9.93. The van der Waals surface area contributed by atoms with Gasteiger partial charge in [0.1, 0.15) is 5.01 Å². The number of aryl methyl sites for hydroxylation is 1. The number of nitrogens with two attached hydrogens (primary N) is 1. The third-order valence-electron chi connectivity index (χ3n) is 4.04. The van der Waals surface area contributed by atoms with Gasteiger partial charge in [0.05, 0.1) is 11.7 Å². The van der Waals surface area contributed by atoms with Gasteiger partial charge in [-0.25, -0.2) is 4.98 Å². The smallest absolute Gasteiger partial charge is 0.220 e. The van der Waals surface area contributed by atoms with Crippen LogP contribution >= 0.6 is 35.3 Å². The molecule has 1 heterocycles. The van der Waals surface area contributed by atoms with E-state index in [2.05, 4.69) is 12.2 Å². The van der Waals surface area contributed by atoms with Crippen molar-refractivity contribution in [3.05, 3.63) is 39.2 Å². The van der Waals surface area contributed by atoms with Crippen molar-refractivity contribution in [3.8, 4) is 11.3 Å². The molecular formula is C19H27Cl2N3OS. The van der Waals surface area contributed by atoms with Gasteiger partial charge in [-0.05, 0) is 45.4 Å². The van der Waals surface area contributed by atoms with Gasteiger partial charge in [-0.3, -0.25) is 4.79 Å². The topological polar surface area (TPSA) is 68.0 Å². The van der Waals surface area contributed by atoms with Gasteiger partial charge in [0.15, 0.2) is 0 Å². The van der Waals surface area contributed by atoms with Crippen molar-refractivity contribution in [2.75, 3.05) is 6.54 Å². The zero-order valence-corrected chi connectivity index (χ0v) is 17.6. The number of nitrogens with one attached hydrogen (secondary N) is 1. The molecule has 0 aliphatic heterocycles. The van der Waals surface area contributed by atoms with Crippen LogP contribution in [0.5, 0.6) is 0 Å². The van der Waals surface area contributed by atoms with Crippen molar-refractivity contribution in [2.24, 2.45) is 5.73 Å². The summed E-state index contributed by atoms with van der Waals surface area (Å²) in [4.78, 5) is 18.0. The molecule has 1 unspecified atom stereocenters. The first-order valence-electron chi connectivity index (χ1n) is 8.74. The molecule has 26 heavy (non-hydrogen) atoms. The average molecular weight is 416 g/mol. The summed E-state index contributed by atoms with van der Waals surface area (Å²) in [6.07, 6.45) is 4.64. The van der Waals surface area contributed by atoms with Crippen molar-refractivity contribution in [2.45, 2.75) is 52.0 Å². The minimum absolute atomic E-state index is 0. The minimum Gasteiger partial charge on any atom is -0.347 e. The van der Waals surface area contributed by atoms with Crippen LogP contribution in [0.15, 0.2) is 24.3 Å². The van der Waals surface area contributed by atoms with Crippen molar-refractivity contribution in [1.82, 2.24) is 10.3 Å². The monoisotopic (exact) mass is 415 g/mol. The Hall–Kier alpha value is -1.14. The molecule has 0 fully saturated rings. The summed E-state index contributed by atoms with van der Waals surface area (Å²) in [6, 6.07) is 7.59. The number of hydrogen-bond acceptors (Lipinski definition) is 4. The molecule has 3 N–H and O–H groups in total. The highest BCUT2D eigenvalue weighted by molar-refractivity contribution is 7.12. The second-order valence-corrected chi connectivity index (χ2v) is 7.88. The Balaban J connectivity index is 0.00000338. The largest absolute Gasteiger partial charge is 0.347 e. The third-order valence-corrected chi connectivity index (χ3v) is 5.44. The lowest BCUT2D eigenvalue weighted by molar-refractivity contribution is -0.121. The molecule has 0 saturated heterocycles. The normalized spacial score (nSPS) is 11.7. The Kier molecular flexibility index (Phi) is 10.2. The lowest BCUT2D eigenvalue weighted by Gasteiger charge is -2.11. The van der Waals surface area contributed by atoms with Gasteiger partial charge in [0.2, 0.25) is 5.91 Å². The maximum atomic E-state index is 12.1. The molecule has 144 valence electrons. The summed E-state index contributed by atoms with van der Waals surface area (Å²) in [5.41, 5.74) is 7.47. The number of thiazole rings is 1. The standard InChI is InChI=1S/C19H26ClN3OS.ClH/c1-13(22-17(24)7-5-3-4-6-12-21)19-23-18(14(2)25-19)15-8-10-16(20)11-9-15;/h8-11,13H,3-7,12,21H2,1-2H3,(H,22,24);1H. The zero-order chi connectivity index (χ0) is 18.2.